The summed E-state index contributed by atoms with van der Waals surface area (Å²) < 4.78 is 13.0. The predicted octanol–water partition coefficient (Wildman–Crippen LogP) is 3.21. The van der Waals surface area contributed by atoms with Crippen LogP contribution in [0.1, 0.15) is 18.9 Å². The smallest absolute Gasteiger partial charge is 0.233 e. The minimum Gasteiger partial charge on any atom is -0.497 e. The summed E-state index contributed by atoms with van der Waals surface area (Å²) in [6.07, 6.45) is 5.31. The maximum absolute atomic E-state index is 6.26. The molecule has 2 aromatic heterocycles. The number of hydrogen-bond donors (Lipinski definition) is 1. The van der Waals surface area contributed by atoms with E-state index >= 15 is 0 Å². The summed E-state index contributed by atoms with van der Waals surface area (Å²) in [6, 6.07) is 5.59. The van der Waals surface area contributed by atoms with Gasteiger partial charge in [0.05, 0.1) is 24.4 Å². The fraction of sp³-hybridized carbons (Fsp3) is 0.353. The first kappa shape index (κ1) is 16.1. The summed E-state index contributed by atoms with van der Waals surface area (Å²) in [5.74, 6) is 1.62. The van der Waals surface area contributed by atoms with Gasteiger partial charge in [0, 0.05) is 6.07 Å². The second-order valence-electron chi connectivity index (χ2n) is 5.88. The van der Waals surface area contributed by atoms with E-state index in [4.69, 9.17) is 21.1 Å². The molecule has 0 saturated carbocycles. The van der Waals surface area contributed by atoms with Crippen molar-refractivity contribution in [1.29, 1.82) is 0 Å². The fourth-order valence-electron chi connectivity index (χ4n) is 3.04. The fourth-order valence-corrected chi connectivity index (χ4v) is 3.25. The van der Waals surface area contributed by atoms with E-state index < -0.39 is 0 Å². The minimum absolute atomic E-state index is 0.339. The molecule has 7 nitrogen and oxygen atoms in total. The van der Waals surface area contributed by atoms with Gasteiger partial charge in [0.15, 0.2) is 5.65 Å². The molecule has 1 aliphatic rings. The van der Waals surface area contributed by atoms with Crippen LogP contribution in [0.5, 0.6) is 17.4 Å². The maximum Gasteiger partial charge on any atom is 0.233 e. The average molecular weight is 360 g/mol. The van der Waals surface area contributed by atoms with E-state index in [1.54, 1.807) is 31.5 Å². The number of hydrogen-bond acceptors (Lipinski definition) is 6. The molecule has 1 N–H and O–H groups in total. The summed E-state index contributed by atoms with van der Waals surface area (Å²) in [7, 11) is 1.59. The van der Waals surface area contributed by atoms with Crippen molar-refractivity contribution in [3.05, 3.63) is 35.7 Å². The Balaban J connectivity index is 1.67. The number of piperidine rings is 1. The number of methoxy groups -OCH3 is 1. The topological polar surface area (TPSA) is 74.1 Å². The normalized spacial score (nSPS) is 15.4. The lowest BCUT2D eigenvalue weighted by Crippen LogP contribution is -2.29. The summed E-state index contributed by atoms with van der Waals surface area (Å²) in [5, 5.41) is 9.11. The van der Waals surface area contributed by atoms with E-state index in [2.05, 4.69) is 20.4 Å². The van der Waals surface area contributed by atoms with Crippen molar-refractivity contribution in [2.24, 2.45) is 0 Å². The molecule has 1 saturated heterocycles. The molecule has 1 fully saturated rings. The largest absolute Gasteiger partial charge is 0.497 e. The third-order valence-corrected chi connectivity index (χ3v) is 4.65. The molecule has 0 radical (unpaired) electrons. The zero-order valence-corrected chi connectivity index (χ0v) is 14.5. The first-order valence-corrected chi connectivity index (χ1v) is 8.54. The second-order valence-corrected chi connectivity index (χ2v) is 6.29. The van der Waals surface area contributed by atoms with Crippen LogP contribution in [0, 0.1) is 0 Å². The molecule has 0 unspecified atom stereocenters. The first-order valence-electron chi connectivity index (χ1n) is 8.16. The lowest BCUT2D eigenvalue weighted by atomic mass is 10.1. The van der Waals surface area contributed by atoms with Crippen molar-refractivity contribution in [2.45, 2.75) is 18.9 Å². The van der Waals surface area contributed by atoms with Crippen LogP contribution in [0.15, 0.2) is 30.7 Å². The summed E-state index contributed by atoms with van der Waals surface area (Å²) in [6.45, 7) is 1.98. The van der Waals surface area contributed by atoms with Crippen molar-refractivity contribution < 1.29 is 9.47 Å². The molecule has 4 rings (SSSR count). The van der Waals surface area contributed by atoms with Gasteiger partial charge in [-0.1, -0.05) is 11.6 Å². The van der Waals surface area contributed by atoms with Crippen molar-refractivity contribution >= 4 is 22.6 Å². The number of nitrogens with zero attached hydrogens (tertiary/aromatic N) is 4. The molecule has 0 aliphatic carbocycles. The van der Waals surface area contributed by atoms with Gasteiger partial charge in [-0.3, -0.25) is 0 Å². The zero-order chi connectivity index (χ0) is 17.2. The van der Waals surface area contributed by atoms with Crippen LogP contribution in [0.4, 0.5) is 0 Å². The molecule has 0 spiro atoms. The van der Waals surface area contributed by atoms with Crippen molar-refractivity contribution in [2.75, 3.05) is 20.2 Å². The Morgan fingerprint density at radius 3 is 2.84 bits per heavy atom. The van der Waals surface area contributed by atoms with Crippen molar-refractivity contribution in [1.82, 2.24) is 25.1 Å². The van der Waals surface area contributed by atoms with E-state index in [-0.39, 0.29) is 0 Å². The minimum atomic E-state index is 0.339. The first-order chi connectivity index (χ1) is 12.3. The summed E-state index contributed by atoms with van der Waals surface area (Å²) in [5.41, 5.74) is 0.779. The third kappa shape index (κ3) is 3.12. The molecule has 25 heavy (non-hydrogen) atoms. The van der Waals surface area contributed by atoms with Gasteiger partial charge in [0.1, 0.15) is 23.2 Å². The second kappa shape index (κ2) is 6.85. The highest BCUT2D eigenvalue weighted by molar-refractivity contribution is 6.32. The van der Waals surface area contributed by atoms with Gasteiger partial charge in [-0.25, -0.2) is 14.6 Å². The molecular weight excluding hydrogens is 342 g/mol. The van der Waals surface area contributed by atoms with Crippen molar-refractivity contribution in [3.63, 3.8) is 0 Å². The molecule has 1 aliphatic heterocycles. The number of benzene rings is 1. The molecule has 8 heteroatoms. The average Bonchev–Trinajstić information content (AvgIpc) is 3.09. The van der Waals surface area contributed by atoms with Crippen LogP contribution < -0.4 is 14.8 Å². The predicted molar refractivity (Wildman–Crippen MR) is 94.5 cm³/mol. The molecule has 3 heterocycles. The number of aromatic nitrogens is 4. The highest BCUT2D eigenvalue weighted by atomic mass is 35.5. The Morgan fingerprint density at radius 1 is 1.24 bits per heavy atom. The van der Waals surface area contributed by atoms with E-state index in [0.29, 0.717) is 28.4 Å². The van der Waals surface area contributed by atoms with E-state index in [1.165, 1.54) is 6.33 Å². The quantitative estimate of drug-likeness (QED) is 0.771. The van der Waals surface area contributed by atoms with Gasteiger partial charge in [-0.05, 0) is 38.1 Å². The summed E-state index contributed by atoms with van der Waals surface area (Å²) in [4.78, 5) is 8.66. The Morgan fingerprint density at radius 2 is 2.08 bits per heavy atom. The van der Waals surface area contributed by atoms with Gasteiger partial charge in [0.2, 0.25) is 5.88 Å². The van der Waals surface area contributed by atoms with Crippen LogP contribution in [0.3, 0.4) is 0 Å². The Labute approximate surface area is 149 Å². The number of fused-ring (bicyclic) bond motifs is 1. The van der Waals surface area contributed by atoms with E-state index in [1.807, 2.05) is 4.68 Å². The number of rotatable bonds is 4. The van der Waals surface area contributed by atoms with Crippen LogP contribution in [0.25, 0.3) is 11.0 Å². The lowest BCUT2D eigenvalue weighted by Gasteiger charge is -2.23. The van der Waals surface area contributed by atoms with Crippen LogP contribution in [0.2, 0.25) is 5.02 Å². The lowest BCUT2D eigenvalue weighted by molar-refractivity contribution is 0.349. The monoisotopic (exact) mass is 359 g/mol. The third-order valence-electron chi connectivity index (χ3n) is 4.35. The highest BCUT2D eigenvalue weighted by Crippen LogP contribution is 2.34. The molecule has 3 aromatic rings. The van der Waals surface area contributed by atoms with E-state index in [9.17, 15) is 0 Å². The van der Waals surface area contributed by atoms with Crippen LogP contribution >= 0.6 is 11.6 Å². The molecule has 1 aromatic carbocycles. The van der Waals surface area contributed by atoms with Crippen LogP contribution in [-0.2, 0) is 0 Å². The number of nitrogens with one attached hydrogen (secondary N) is 1. The van der Waals surface area contributed by atoms with Gasteiger partial charge in [-0.2, -0.15) is 5.10 Å². The summed E-state index contributed by atoms with van der Waals surface area (Å²) >= 11 is 6.26. The van der Waals surface area contributed by atoms with Gasteiger partial charge >= 0.3 is 0 Å². The maximum atomic E-state index is 6.26. The van der Waals surface area contributed by atoms with Gasteiger partial charge < -0.3 is 14.8 Å². The molecular formula is C17H18ClN5O2. The number of ether oxygens (including phenoxy) is 2. The zero-order valence-electron chi connectivity index (χ0n) is 13.8. The molecule has 0 atom stereocenters. The Bertz CT molecular complexity index is 892. The Hall–Kier alpha value is -2.38. The molecule has 0 amide bonds. The SMILES string of the molecule is COc1ccc(Oc2ncnc3c2cnn3C2CCNCC2)c(Cl)c1. The standard InChI is InChI=1S/C17H18ClN5O2/c1-24-12-2-3-15(14(18)8-12)25-17-13-9-22-23(16(13)20-10-21-17)11-4-6-19-7-5-11/h2-3,8-11,19H,4-7H2,1H3. The Kier molecular flexibility index (Phi) is 4.42. The van der Waals surface area contributed by atoms with E-state index in [0.717, 1.165) is 37.0 Å². The van der Waals surface area contributed by atoms with Gasteiger partial charge in [0.25, 0.3) is 0 Å². The van der Waals surface area contributed by atoms with Crippen molar-refractivity contribution in [3.8, 4) is 17.4 Å². The molecule has 0 bridgehead atoms. The highest BCUT2D eigenvalue weighted by Gasteiger charge is 2.20. The van der Waals surface area contributed by atoms with Crippen LogP contribution in [-0.4, -0.2) is 39.9 Å². The van der Waals surface area contributed by atoms with Gasteiger partial charge in [-0.15, -0.1) is 0 Å². The number of halogens is 1. The molecule has 130 valence electrons.